The fourth-order valence-corrected chi connectivity index (χ4v) is 0.726. The van der Waals surface area contributed by atoms with E-state index in [1.165, 1.54) is 25.6 Å². The van der Waals surface area contributed by atoms with Crippen LogP contribution < -0.4 is 5.48 Å². The van der Waals surface area contributed by atoms with Gasteiger partial charge in [-0.15, -0.1) is 0 Å². The Kier molecular flexibility index (Phi) is 2.60. The Morgan fingerprint density at radius 2 is 2.50 bits per heavy atom. The number of hydroxylamine groups is 1. The summed E-state index contributed by atoms with van der Waals surface area (Å²) in [5.41, 5.74) is 2.21. The zero-order valence-electron chi connectivity index (χ0n) is 6.44. The number of nitrogens with one attached hydrogen (secondary N) is 1. The summed E-state index contributed by atoms with van der Waals surface area (Å²) in [6.45, 7) is 0. The van der Waals surface area contributed by atoms with E-state index in [4.69, 9.17) is 5.11 Å². The molecule has 5 nitrogen and oxygen atoms in total. The maximum atomic E-state index is 11.0. The first kappa shape index (κ1) is 8.48. The molecule has 0 radical (unpaired) electrons. The first-order valence-electron chi connectivity index (χ1n) is 3.22. The molecule has 0 saturated heterocycles. The number of hydrogen-bond donors (Lipinski definition) is 2. The van der Waals surface area contributed by atoms with Crippen molar-refractivity contribution in [1.82, 2.24) is 10.5 Å². The molecule has 0 bridgehead atoms. The minimum absolute atomic E-state index is 0.131. The smallest absolute Gasteiger partial charge is 0.278 e. The second-order valence-electron chi connectivity index (χ2n) is 2.03. The number of pyridine rings is 1. The van der Waals surface area contributed by atoms with Crippen LogP contribution in [0.2, 0.25) is 0 Å². The summed E-state index contributed by atoms with van der Waals surface area (Å²) in [5.74, 6) is -0.676. The van der Waals surface area contributed by atoms with Crippen LogP contribution in [0.15, 0.2) is 18.5 Å². The maximum absolute atomic E-state index is 11.0. The fourth-order valence-electron chi connectivity index (χ4n) is 0.726. The molecule has 2 N–H and O–H groups in total. The van der Waals surface area contributed by atoms with Gasteiger partial charge in [-0.05, 0) is 6.07 Å². The zero-order chi connectivity index (χ0) is 8.97. The van der Waals surface area contributed by atoms with E-state index in [0.717, 1.165) is 0 Å². The van der Waals surface area contributed by atoms with Crippen molar-refractivity contribution in [2.24, 2.45) is 0 Å². The van der Waals surface area contributed by atoms with Gasteiger partial charge in [-0.2, -0.15) is 0 Å². The molecular formula is C7H8N2O3. The summed E-state index contributed by atoms with van der Waals surface area (Å²) in [6, 6.07) is 1.39. The highest BCUT2D eigenvalue weighted by atomic mass is 16.6. The molecule has 0 spiro atoms. The standard InChI is InChI=1S/C7H8N2O3/c1-12-9-7(11)5-2-3-8-4-6(5)10/h2-4,10H,1H3,(H,9,11). The molecular weight excluding hydrogens is 160 g/mol. The lowest BCUT2D eigenvalue weighted by molar-refractivity contribution is 0.0535. The second-order valence-corrected chi connectivity index (χ2v) is 2.03. The lowest BCUT2D eigenvalue weighted by atomic mass is 10.2. The molecule has 0 aromatic carbocycles. The topological polar surface area (TPSA) is 71.5 Å². The Balaban J connectivity index is 2.87. The number of rotatable bonds is 2. The lowest BCUT2D eigenvalue weighted by Crippen LogP contribution is -2.21. The molecule has 0 saturated carbocycles. The molecule has 1 rings (SSSR count). The predicted molar refractivity (Wildman–Crippen MR) is 40.4 cm³/mol. The number of aromatic nitrogens is 1. The van der Waals surface area contributed by atoms with E-state index in [9.17, 15) is 4.79 Å². The van der Waals surface area contributed by atoms with Crippen LogP contribution in [0.1, 0.15) is 10.4 Å². The van der Waals surface area contributed by atoms with Gasteiger partial charge in [0.05, 0.1) is 18.9 Å². The highest BCUT2D eigenvalue weighted by Gasteiger charge is 2.08. The molecule has 5 heteroatoms. The fraction of sp³-hybridized carbons (Fsp3) is 0.143. The second kappa shape index (κ2) is 3.68. The zero-order valence-corrected chi connectivity index (χ0v) is 6.44. The predicted octanol–water partition coefficient (Wildman–Crippen LogP) is 0.0784. The van der Waals surface area contributed by atoms with Crippen molar-refractivity contribution in [2.45, 2.75) is 0 Å². The van der Waals surface area contributed by atoms with E-state index in [-0.39, 0.29) is 11.3 Å². The van der Waals surface area contributed by atoms with Crippen LogP contribution in [0.5, 0.6) is 5.75 Å². The molecule has 1 aromatic heterocycles. The van der Waals surface area contributed by atoms with Gasteiger partial charge in [0.2, 0.25) is 0 Å². The molecule has 1 aromatic rings. The quantitative estimate of drug-likeness (QED) is 0.613. The maximum Gasteiger partial charge on any atom is 0.278 e. The summed E-state index contributed by atoms with van der Waals surface area (Å²) in [5, 5.41) is 9.13. The first-order valence-corrected chi connectivity index (χ1v) is 3.22. The molecule has 1 amide bonds. The Bertz CT molecular complexity index is 288. The molecule has 64 valence electrons. The van der Waals surface area contributed by atoms with E-state index in [2.05, 4.69) is 15.3 Å². The summed E-state index contributed by atoms with van der Waals surface area (Å²) in [7, 11) is 1.32. The number of nitrogens with zero attached hydrogens (tertiary/aromatic N) is 1. The van der Waals surface area contributed by atoms with Crippen molar-refractivity contribution < 1.29 is 14.7 Å². The molecule has 0 aliphatic rings. The van der Waals surface area contributed by atoms with Gasteiger partial charge in [0.1, 0.15) is 5.75 Å². The van der Waals surface area contributed by atoms with Crippen LogP contribution in [0.4, 0.5) is 0 Å². The normalized spacial score (nSPS) is 9.42. The van der Waals surface area contributed by atoms with Crippen molar-refractivity contribution in [3.05, 3.63) is 24.0 Å². The molecule has 0 unspecified atom stereocenters. The van der Waals surface area contributed by atoms with Crippen LogP contribution in [-0.2, 0) is 4.84 Å². The molecule has 0 aliphatic carbocycles. The Hall–Kier alpha value is -1.62. The number of carbonyl (C=O) groups excluding carboxylic acids is 1. The number of aromatic hydroxyl groups is 1. The van der Waals surface area contributed by atoms with Crippen molar-refractivity contribution in [3.8, 4) is 5.75 Å². The largest absolute Gasteiger partial charge is 0.505 e. The third kappa shape index (κ3) is 1.70. The van der Waals surface area contributed by atoms with Crippen LogP contribution in [0, 0.1) is 0 Å². The average molecular weight is 168 g/mol. The summed E-state index contributed by atoms with van der Waals surface area (Å²) in [6.07, 6.45) is 2.59. The molecule has 12 heavy (non-hydrogen) atoms. The lowest BCUT2D eigenvalue weighted by Gasteiger charge is -2.02. The van der Waals surface area contributed by atoms with Gasteiger partial charge in [-0.25, -0.2) is 5.48 Å². The van der Waals surface area contributed by atoms with Crippen LogP contribution in [0.25, 0.3) is 0 Å². The Morgan fingerprint density at radius 3 is 3.08 bits per heavy atom. The van der Waals surface area contributed by atoms with Gasteiger partial charge in [-0.1, -0.05) is 0 Å². The minimum Gasteiger partial charge on any atom is -0.505 e. The molecule has 1 heterocycles. The van der Waals surface area contributed by atoms with E-state index in [1.54, 1.807) is 0 Å². The van der Waals surface area contributed by atoms with Crippen LogP contribution in [0.3, 0.4) is 0 Å². The van der Waals surface area contributed by atoms with Crippen molar-refractivity contribution in [1.29, 1.82) is 0 Å². The van der Waals surface area contributed by atoms with Gasteiger partial charge in [0.15, 0.2) is 0 Å². The Morgan fingerprint density at radius 1 is 1.75 bits per heavy atom. The summed E-state index contributed by atoms with van der Waals surface area (Å²) in [4.78, 5) is 19.0. The Labute approximate surface area is 69.0 Å². The van der Waals surface area contributed by atoms with E-state index in [0.29, 0.717) is 0 Å². The van der Waals surface area contributed by atoms with E-state index in [1.807, 2.05) is 0 Å². The molecule has 0 atom stereocenters. The van der Waals surface area contributed by atoms with Gasteiger partial charge in [0.25, 0.3) is 5.91 Å². The number of carbonyl (C=O) groups is 1. The SMILES string of the molecule is CONC(=O)c1ccncc1O. The molecule has 0 aliphatic heterocycles. The first-order chi connectivity index (χ1) is 5.75. The van der Waals surface area contributed by atoms with Gasteiger partial charge in [0, 0.05) is 6.20 Å². The highest BCUT2D eigenvalue weighted by molar-refractivity contribution is 5.95. The van der Waals surface area contributed by atoms with Crippen molar-refractivity contribution in [3.63, 3.8) is 0 Å². The monoisotopic (exact) mass is 168 g/mol. The van der Waals surface area contributed by atoms with Crippen LogP contribution >= 0.6 is 0 Å². The summed E-state index contributed by atoms with van der Waals surface area (Å²) >= 11 is 0. The summed E-state index contributed by atoms with van der Waals surface area (Å²) < 4.78 is 0. The highest BCUT2D eigenvalue weighted by Crippen LogP contribution is 2.12. The van der Waals surface area contributed by atoms with Crippen molar-refractivity contribution >= 4 is 5.91 Å². The third-order valence-corrected chi connectivity index (χ3v) is 1.24. The third-order valence-electron chi connectivity index (χ3n) is 1.24. The van der Waals surface area contributed by atoms with Gasteiger partial charge >= 0.3 is 0 Å². The van der Waals surface area contributed by atoms with Crippen LogP contribution in [-0.4, -0.2) is 23.1 Å². The van der Waals surface area contributed by atoms with E-state index < -0.39 is 5.91 Å². The average Bonchev–Trinajstić information content (AvgIpc) is 2.05. The molecule has 0 fully saturated rings. The van der Waals surface area contributed by atoms with Gasteiger partial charge in [-0.3, -0.25) is 14.6 Å². The van der Waals surface area contributed by atoms with E-state index >= 15 is 0 Å². The number of hydrogen-bond acceptors (Lipinski definition) is 4. The number of amides is 1. The van der Waals surface area contributed by atoms with Gasteiger partial charge < -0.3 is 5.11 Å². The minimum atomic E-state index is -0.502. The van der Waals surface area contributed by atoms with Crippen molar-refractivity contribution in [2.75, 3.05) is 7.11 Å².